The first-order valence-electron chi connectivity index (χ1n) is 3.37. The molecule has 0 amide bonds. The van der Waals surface area contributed by atoms with E-state index in [9.17, 15) is 4.21 Å². The molecular weight excluding hydrogens is 134 g/mol. The lowest BCUT2D eigenvalue weighted by molar-refractivity contribution is 0.677. The number of rotatable bonds is 5. The van der Waals surface area contributed by atoms with Gasteiger partial charge in [-0.15, -0.1) is 0 Å². The van der Waals surface area contributed by atoms with Gasteiger partial charge in [-0.25, -0.2) is 0 Å². The quantitative estimate of drug-likeness (QED) is 0.572. The molecule has 0 aliphatic heterocycles. The van der Waals surface area contributed by atoms with E-state index in [0.717, 1.165) is 24.6 Å². The van der Waals surface area contributed by atoms with Crippen molar-refractivity contribution in [2.45, 2.75) is 13.8 Å². The summed E-state index contributed by atoms with van der Waals surface area (Å²) in [6.07, 6.45) is 0. The van der Waals surface area contributed by atoms with Gasteiger partial charge in [0, 0.05) is 28.9 Å². The molecule has 1 atom stereocenters. The summed E-state index contributed by atoms with van der Waals surface area (Å²) in [4.78, 5) is 0. The molecule has 0 spiro atoms. The molecule has 9 heavy (non-hydrogen) atoms. The SMILES string of the molecule is CCNCCS(=O)CC. The Balaban J connectivity index is 2.97. The lowest BCUT2D eigenvalue weighted by Gasteiger charge is -1.98. The van der Waals surface area contributed by atoms with Gasteiger partial charge in [0.2, 0.25) is 0 Å². The van der Waals surface area contributed by atoms with Crippen molar-refractivity contribution >= 4 is 10.8 Å². The van der Waals surface area contributed by atoms with E-state index < -0.39 is 10.8 Å². The lowest BCUT2D eigenvalue weighted by Crippen LogP contribution is -2.20. The molecule has 0 radical (unpaired) electrons. The molecule has 0 aliphatic carbocycles. The Kier molecular flexibility index (Phi) is 6.31. The summed E-state index contributed by atoms with van der Waals surface area (Å²) >= 11 is 0. The zero-order chi connectivity index (χ0) is 7.11. The van der Waals surface area contributed by atoms with Gasteiger partial charge in [0.15, 0.2) is 0 Å². The monoisotopic (exact) mass is 149 g/mol. The molecule has 0 saturated carbocycles. The summed E-state index contributed by atoms with van der Waals surface area (Å²) in [6, 6.07) is 0. The van der Waals surface area contributed by atoms with Crippen LogP contribution in [0.2, 0.25) is 0 Å². The van der Waals surface area contributed by atoms with Crippen LogP contribution >= 0.6 is 0 Å². The Hall–Kier alpha value is 0.110. The molecule has 1 unspecified atom stereocenters. The van der Waals surface area contributed by atoms with Gasteiger partial charge in [0.1, 0.15) is 0 Å². The second-order valence-electron chi connectivity index (χ2n) is 1.79. The average Bonchev–Trinajstić information content (AvgIpc) is 1.89. The average molecular weight is 149 g/mol. The summed E-state index contributed by atoms with van der Waals surface area (Å²) in [7, 11) is -0.591. The Morgan fingerprint density at radius 1 is 1.44 bits per heavy atom. The van der Waals surface area contributed by atoms with Crippen LogP contribution in [0.1, 0.15) is 13.8 Å². The summed E-state index contributed by atoms with van der Waals surface area (Å²) in [6.45, 7) is 5.86. The fourth-order valence-corrected chi connectivity index (χ4v) is 1.17. The maximum Gasteiger partial charge on any atom is 0.0359 e. The van der Waals surface area contributed by atoms with E-state index in [4.69, 9.17) is 0 Å². The molecule has 0 bridgehead atoms. The minimum atomic E-state index is -0.591. The highest BCUT2D eigenvalue weighted by Crippen LogP contribution is 1.77. The first-order valence-corrected chi connectivity index (χ1v) is 4.85. The van der Waals surface area contributed by atoms with E-state index >= 15 is 0 Å². The molecule has 0 aromatic heterocycles. The zero-order valence-electron chi connectivity index (χ0n) is 6.14. The maximum absolute atomic E-state index is 10.8. The molecular formula is C6H15NOS. The molecule has 2 nitrogen and oxygen atoms in total. The van der Waals surface area contributed by atoms with Gasteiger partial charge in [-0.1, -0.05) is 13.8 Å². The lowest BCUT2D eigenvalue weighted by atomic mass is 10.7. The van der Waals surface area contributed by atoms with Crippen molar-refractivity contribution in [2.24, 2.45) is 0 Å². The predicted molar refractivity (Wildman–Crippen MR) is 42.1 cm³/mol. The van der Waals surface area contributed by atoms with Crippen LogP contribution in [0, 0.1) is 0 Å². The van der Waals surface area contributed by atoms with Crippen molar-refractivity contribution < 1.29 is 4.21 Å². The van der Waals surface area contributed by atoms with Crippen LogP contribution in [0.25, 0.3) is 0 Å². The van der Waals surface area contributed by atoms with Gasteiger partial charge in [0.25, 0.3) is 0 Å². The third kappa shape index (κ3) is 5.99. The first kappa shape index (κ1) is 9.11. The minimum absolute atomic E-state index is 0.591. The number of hydrogen-bond donors (Lipinski definition) is 1. The molecule has 0 fully saturated rings. The highest BCUT2D eigenvalue weighted by molar-refractivity contribution is 7.84. The van der Waals surface area contributed by atoms with Crippen molar-refractivity contribution in [2.75, 3.05) is 24.6 Å². The van der Waals surface area contributed by atoms with Gasteiger partial charge < -0.3 is 5.32 Å². The van der Waals surface area contributed by atoms with Gasteiger partial charge in [0.05, 0.1) is 0 Å². The molecule has 0 aromatic rings. The molecule has 0 saturated heterocycles. The first-order chi connectivity index (χ1) is 4.31. The Labute approximate surface area is 59.5 Å². The van der Waals surface area contributed by atoms with Gasteiger partial charge >= 0.3 is 0 Å². The number of hydrogen-bond acceptors (Lipinski definition) is 2. The Bertz CT molecular complexity index is 85.1. The fourth-order valence-electron chi connectivity index (χ4n) is 0.507. The van der Waals surface area contributed by atoms with Crippen LogP contribution in [0.5, 0.6) is 0 Å². The van der Waals surface area contributed by atoms with E-state index in [1.807, 2.05) is 6.92 Å². The molecule has 56 valence electrons. The molecule has 0 aromatic carbocycles. The summed E-state index contributed by atoms with van der Waals surface area (Å²) in [5, 5.41) is 3.12. The fraction of sp³-hybridized carbons (Fsp3) is 1.00. The second kappa shape index (κ2) is 6.23. The summed E-state index contributed by atoms with van der Waals surface area (Å²) in [5.74, 6) is 1.58. The summed E-state index contributed by atoms with van der Waals surface area (Å²) in [5.41, 5.74) is 0. The molecule has 0 aliphatic rings. The standard InChI is InChI=1S/C6H15NOS/c1-3-7-5-6-9(8)4-2/h7H,3-6H2,1-2H3. The van der Waals surface area contributed by atoms with Gasteiger partial charge in [-0.2, -0.15) is 0 Å². The smallest absolute Gasteiger partial charge is 0.0359 e. The predicted octanol–water partition coefficient (Wildman–Crippen LogP) is 0.365. The van der Waals surface area contributed by atoms with Crippen LogP contribution in [-0.4, -0.2) is 28.8 Å². The van der Waals surface area contributed by atoms with Crippen molar-refractivity contribution in [1.82, 2.24) is 5.32 Å². The van der Waals surface area contributed by atoms with Crippen LogP contribution in [0.3, 0.4) is 0 Å². The minimum Gasteiger partial charge on any atom is -0.316 e. The third-order valence-electron chi connectivity index (χ3n) is 1.08. The van der Waals surface area contributed by atoms with Crippen LogP contribution < -0.4 is 5.32 Å². The molecule has 1 N–H and O–H groups in total. The van der Waals surface area contributed by atoms with Gasteiger partial charge in [-0.05, 0) is 6.54 Å². The van der Waals surface area contributed by atoms with Crippen LogP contribution in [0.15, 0.2) is 0 Å². The van der Waals surface area contributed by atoms with E-state index in [1.165, 1.54) is 0 Å². The number of nitrogens with one attached hydrogen (secondary N) is 1. The van der Waals surface area contributed by atoms with E-state index in [-0.39, 0.29) is 0 Å². The van der Waals surface area contributed by atoms with Crippen molar-refractivity contribution in [3.8, 4) is 0 Å². The van der Waals surface area contributed by atoms with E-state index in [0.29, 0.717) is 0 Å². The van der Waals surface area contributed by atoms with E-state index in [2.05, 4.69) is 12.2 Å². The highest BCUT2D eigenvalue weighted by Gasteiger charge is 1.91. The van der Waals surface area contributed by atoms with Gasteiger partial charge in [-0.3, -0.25) is 4.21 Å². The Morgan fingerprint density at radius 2 is 2.11 bits per heavy atom. The second-order valence-corrected chi connectivity index (χ2v) is 3.65. The normalized spacial score (nSPS) is 13.6. The van der Waals surface area contributed by atoms with Crippen molar-refractivity contribution in [1.29, 1.82) is 0 Å². The maximum atomic E-state index is 10.8. The topological polar surface area (TPSA) is 29.1 Å². The van der Waals surface area contributed by atoms with Crippen molar-refractivity contribution in [3.05, 3.63) is 0 Å². The molecule has 0 heterocycles. The molecule has 3 heteroatoms. The third-order valence-corrected chi connectivity index (χ3v) is 2.38. The Morgan fingerprint density at radius 3 is 2.56 bits per heavy atom. The highest BCUT2D eigenvalue weighted by atomic mass is 32.2. The summed E-state index contributed by atoms with van der Waals surface area (Å²) < 4.78 is 10.8. The van der Waals surface area contributed by atoms with Crippen LogP contribution in [-0.2, 0) is 10.8 Å². The molecule has 0 rings (SSSR count). The zero-order valence-corrected chi connectivity index (χ0v) is 6.96. The van der Waals surface area contributed by atoms with Crippen molar-refractivity contribution in [3.63, 3.8) is 0 Å². The van der Waals surface area contributed by atoms with E-state index in [1.54, 1.807) is 0 Å². The largest absolute Gasteiger partial charge is 0.316 e. The van der Waals surface area contributed by atoms with Crippen LogP contribution in [0.4, 0.5) is 0 Å².